The minimum Gasteiger partial charge on any atom is -0.481 e. The number of amides is 1. The summed E-state index contributed by atoms with van der Waals surface area (Å²) >= 11 is 0. The third kappa shape index (κ3) is 3.64. The van der Waals surface area contributed by atoms with Crippen LogP contribution in [0.15, 0.2) is 17.1 Å². The smallest absolute Gasteiger partial charge is 0.305 e. The number of aromatic amines is 1. The van der Waals surface area contributed by atoms with E-state index in [1.165, 1.54) is 0 Å². The van der Waals surface area contributed by atoms with Gasteiger partial charge in [0.1, 0.15) is 5.56 Å². The van der Waals surface area contributed by atoms with Gasteiger partial charge in [0.05, 0.1) is 17.5 Å². The molecule has 0 aliphatic rings. The molecule has 1 rings (SSSR count). The van der Waals surface area contributed by atoms with Crippen molar-refractivity contribution in [3.05, 3.63) is 38.3 Å². The lowest BCUT2D eigenvalue weighted by Gasteiger charge is -2.19. The SMILES string of the molecule is CCN(CCC(=O)O)C(=O)c1cc([N+](=O)[O-])c[nH]c1=O. The van der Waals surface area contributed by atoms with E-state index in [0.29, 0.717) is 0 Å². The molecule has 2 N–H and O–H groups in total. The molecule has 108 valence electrons. The van der Waals surface area contributed by atoms with Gasteiger partial charge in [0.2, 0.25) is 0 Å². The summed E-state index contributed by atoms with van der Waals surface area (Å²) in [4.78, 5) is 47.3. The first kappa shape index (κ1) is 15.3. The molecule has 0 unspecified atom stereocenters. The quantitative estimate of drug-likeness (QED) is 0.566. The molecule has 1 heterocycles. The topological polar surface area (TPSA) is 134 Å². The van der Waals surface area contributed by atoms with E-state index in [9.17, 15) is 24.5 Å². The number of aliphatic carboxylic acids is 1. The molecule has 0 aromatic carbocycles. The molecular formula is C11H13N3O6. The molecular weight excluding hydrogens is 270 g/mol. The van der Waals surface area contributed by atoms with Gasteiger partial charge < -0.3 is 15.0 Å². The van der Waals surface area contributed by atoms with Crippen molar-refractivity contribution >= 4 is 17.6 Å². The standard InChI is InChI=1S/C11H13N3O6/c1-2-13(4-3-9(15)16)11(18)8-5-7(14(19)20)6-12-10(8)17/h5-6H,2-4H2,1H3,(H,12,17)(H,15,16). The van der Waals surface area contributed by atoms with Crippen molar-refractivity contribution in [2.24, 2.45) is 0 Å². The number of hydrogen-bond acceptors (Lipinski definition) is 5. The third-order valence-corrected chi connectivity index (χ3v) is 2.59. The van der Waals surface area contributed by atoms with E-state index in [1.807, 2.05) is 0 Å². The molecule has 0 radical (unpaired) electrons. The fourth-order valence-electron chi connectivity index (χ4n) is 1.54. The normalized spacial score (nSPS) is 10.1. The highest BCUT2D eigenvalue weighted by Crippen LogP contribution is 2.10. The zero-order chi connectivity index (χ0) is 15.3. The molecule has 0 spiro atoms. The third-order valence-electron chi connectivity index (χ3n) is 2.59. The van der Waals surface area contributed by atoms with Gasteiger partial charge in [-0.2, -0.15) is 0 Å². The molecule has 9 nitrogen and oxygen atoms in total. The van der Waals surface area contributed by atoms with Crippen LogP contribution in [0.25, 0.3) is 0 Å². The number of pyridine rings is 1. The summed E-state index contributed by atoms with van der Waals surface area (Å²) in [6.07, 6.45) is 0.624. The zero-order valence-electron chi connectivity index (χ0n) is 10.7. The summed E-state index contributed by atoms with van der Waals surface area (Å²) in [6.45, 7) is 1.73. The van der Waals surface area contributed by atoms with Crippen LogP contribution in [0.4, 0.5) is 5.69 Å². The zero-order valence-corrected chi connectivity index (χ0v) is 10.7. The fourth-order valence-corrected chi connectivity index (χ4v) is 1.54. The minimum atomic E-state index is -1.08. The Balaban J connectivity index is 3.05. The maximum absolute atomic E-state index is 12.1. The summed E-state index contributed by atoms with van der Waals surface area (Å²) < 4.78 is 0. The Hall–Kier alpha value is -2.71. The van der Waals surface area contributed by atoms with E-state index < -0.39 is 28.0 Å². The summed E-state index contributed by atoms with van der Waals surface area (Å²) in [5.41, 5.74) is -1.55. The number of carboxylic acids is 1. The number of nitro groups is 1. The van der Waals surface area contributed by atoms with Gasteiger partial charge in [-0.3, -0.25) is 24.5 Å². The number of nitrogens with zero attached hydrogens (tertiary/aromatic N) is 2. The lowest BCUT2D eigenvalue weighted by Crippen LogP contribution is -2.36. The molecule has 0 atom stereocenters. The number of H-pyrrole nitrogens is 1. The number of carbonyl (C=O) groups is 2. The van der Waals surface area contributed by atoms with Crippen LogP contribution in [0.1, 0.15) is 23.7 Å². The van der Waals surface area contributed by atoms with Gasteiger partial charge in [-0.1, -0.05) is 0 Å². The first-order valence-corrected chi connectivity index (χ1v) is 5.75. The van der Waals surface area contributed by atoms with Crippen LogP contribution in [0.3, 0.4) is 0 Å². The molecule has 0 saturated carbocycles. The van der Waals surface area contributed by atoms with Gasteiger partial charge in [0, 0.05) is 19.2 Å². The fraction of sp³-hybridized carbons (Fsp3) is 0.364. The van der Waals surface area contributed by atoms with Gasteiger partial charge in [-0.15, -0.1) is 0 Å². The van der Waals surface area contributed by atoms with Crippen molar-refractivity contribution in [1.29, 1.82) is 0 Å². The molecule has 0 aliphatic heterocycles. The predicted molar refractivity (Wildman–Crippen MR) is 67.5 cm³/mol. The number of carbonyl (C=O) groups excluding carboxylic acids is 1. The lowest BCUT2D eigenvalue weighted by atomic mass is 10.2. The lowest BCUT2D eigenvalue weighted by molar-refractivity contribution is -0.385. The first-order valence-electron chi connectivity index (χ1n) is 5.75. The highest BCUT2D eigenvalue weighted by Gasteiger charge is 2.21. The highest BCUT2D eigenvalue weighted by atomic mass is 16.6. The van der Waals surface area contributed by atoms with E-state index in [2.05, 4.69) is 4.98 Å². The Morgan fingerprint density at radius 2 is 2.15 bits per heavy atom. The monoisotopic (exact) mass is 283 g/mol. The Morgan fingerprint density at radius 3 is 2.65 bits per heavy atom. The van der Waals surface area contributed by atoms with Gasteiger partial charge in [0.15, 0.2) is 0 Å². The van der Waals surface area contributed by atoms with Crippen molar-refractivity contribution < 1.29 is 19.6 Å². The molecule has 0 bridgehead atoms. The second-order valence-corrected chi connectivity index (χ2v) is 3.89. The Bertz CT molecular complexity index is 594. The number of hydrogen-bond donors (Lipinski definition) is 2. The molecule has 1 aromatic heterocycles. The minimum absolute atomic E-state index is 0.0766. The van der Waals surface area contributed by atoms with E-state index in [0.717, 1.165) is 17.2 Å². The van der Waals surface area contributed by atoms with Crippen molar-refractivity contribution in [3.8, 4) is 0 Å². The number of aromatic nitrogens is 1. The van der Waals surface area contributed by atoms with Crippen LogP contribution < -0.4 is 5.56 Å². The first-order chi connectivity index (χ1) is 9.36. The second kappa shape index (κ2) is 6.45. The van der Waals surface area contributed by atoms with Crippen LogP contribution in [0.2, 0.25) is 0 Å². The van der Waals surface area contributed by atoms with Crippen LogP contribution in [0.5, 0.6) is 0 Å². The average Bonchev–Trinajstić information content (AvgIpc) is 2.39. The highest BCUT2D eigenvalue weighted by molar-refractivity contribution is 5.94. The van der Waals surface area contributed by atoms with Gasteiger partial charge in [-0.05, 0) is 6.92 Å². The molecule has 1 aromatic rings. The predicted octanol–water partition coefficient (Wildman–Crippen LogP) is 0.220. The molecule has 20 heavy (non-hydrogen) atoms. The largest absolute Gasteiger partial charge is 0.481 e. The molecule has 0 fully saturated rings. The maximum atomic E-state index is 12.1. The Morgan fingerprint density at radius 1 is 1.50 bits per heavy atom. The number of nitrogens with one attached hydrogen (secondary N) is 1. The Kier molecular flexibility index (Phi) is 4.95. The average molecular weight is 283 g/mol. The Labute approximate surface area is 113 Å². The van der Waals surface area contributed by atoms with Gasteiger partial charge >= 0.3 is 5.97 Å². The van der Waals surface area contributed by atoms with Crippen molar-refractivity contribution in [1.82, 2.24) is 9.88 Å². The van der Waals surface area contributed by atoms with Crippen LogP contribution in [-0.4, -0.2) is 44.9 Å². The van der Waals surface area contributed by atoms with Crippen molar-refractivity contribution in [2.45, 2.75) is 13.3 Å². The molecule has 0 saturated heterocycles. The van der Waals surface area contributed by atoms with Crippen molar-refractivity contribution in [3.63, 3.8) is 0 Å². The van der Waals surface area contributed by atoms with E-state index in [4.69, 9.17) is 5.11 Å². The summed E-state index contributed by atoms with van der Waals surface area (Å²) in [5.74, 6) is -1.82. The van der Waals surface area contributed by atoms with Gasteiger partial charge in [0.25, 0.3) is 17.2 Å². The summed E-state index contributed by atoms with van der Waals surface area (Å²) in [5, 5.41) is 19.2. The van der Waals surface area contributed by atoms with E-state index >= 15 is 0 Å². The van der Waals surface area contributed by atoms with Crippen LogP contribution in [0, 0.1) is 10.1 Å². The van der Waals surface area contributed by atoms with Crippen LogP contribution >= 0.6 is 0 Å². The second-order valence-electron chi connectivity index (χ2n) is 3.89. The number of rotatable bonds is 6. The van der Waals surface area contributed by atoms with Crippen LogP contribution in [-0.2, 0) is 4.79 Å². The van der Waals surface area contributed by atoms with Crippen molar-refractivity contribution in [2.75, 3.05) is 13.1 Å². The van der Waals surface area contributed by atoms with Gasteiger partial charge in [-0.25, -0.2) is 0 Å². The van der Waals surface area contributed by atoms with E-state index in [-0.39, 0.29) is 25.1 Å². The molecule has 9 heteroatoms. The number of carboxylic acid groups (broad SMARTS) is 1. The summed E-state index contributed by atoms with van der Waals surface area (Å²) in [6, 6.07) is 0.880. The molecule has 0 aliphatic carbocycles. The maximum Gasteiger partial charge on any atom is 0.305 e. The summed E-state index contributed by atoms with van der Waals surface area (Å²) in [7, 11) is 0. The van der Waals surface area contributed by atoms with E-state index in [1.54, 1.807) is 6.92 Å². The molecule has 1 amide bonds.